The van der Waals surface area contributed by atoms with Gasteiger partial charge in [-0.05, 0) is 32.8 Å². The molecule has 2 heterocycles. The molecule has 0 aliphatic heterocycles. The number of hydrogen-bond donors (Lipinski definition) is 2. The lowest BCUT2D eigenvalue weighted by Crippen LogP contribution is -2.26. The van der Waals surface area contributed by atoms with Gasteiger partial charge in [-0.25, -0.2) is 9.67 Å². The number of rotatable bonds is 9. The van der Waals surface area contributed by atoms with E-state index >= 15 is 0 Å². The lowest BCUT2D eigenvalue weighted by atomic mass is 10.1. The van der Waals surface area contributed by atoms with Crippen LogP contribution >= 0.6 is 11.6 Å². The number of benzene rings is 1. The molecule has 0 aliphatic carbocycles. The minimum Gasteiger partial charge on any atom is -0.459 e. The molecule has 0 saturated heterocycles. The Hall–Kier alpha value is -3.20. The lowest BCUT2D eigenvalue weighted by Gasteiger charge is -2.19. The standard InChI is InChI=1S/C21H26ClN7O2/c1-21(2,3)31-19(30)14-29-13-16(27-28-29)12-24-20-25-17(22)11-18(26-20)23-10-9-15-7-5-4-6-8-15/h4-8,11,13H,9-10,12,14H2,1-3H3,(H2,23,24,25,26). The van der Waals surface area contributed by atoms with Crippen molar-refractivity contribution in [2.75, 3.05) is 17.2 Å². The van der Waals surface area contributed by atoms with E-state index in [1.807, 2.05) is 39.0 Å². The second-order valence-electron chi connectivity index (χ2n) is 7.91. The molecular formula is C21H26ClN7O2. The molecule has 0 saturated carbocycles. The molecule has 0 bridgehead atoms. The first-order valence-corrected chi connectivity index (χ1v) is 10.3. The summed E-state index contributed by atoms with van der Waals surface area (Å²) in [6.45, 7) is 6.49. The summed E-state index contributed by atoms with van der Waals surface area (Å²) in [5.41, 5.74) is 1.33. The van der Waals surface area contributed by atoms with Crippen molar-refractivity contribution in [3.8, 4) is 0 Å². The van der Waals surface area contributed by atoms with Gasteiger partial charge in [-0.2, -0.15) is 4.98 Å². The zero-order valence-corrected chi connectivity index (χ0v) is 18.6. The Morgan fingerprint density at radius 1 is 1.16 bits per heavy atom. The molecule has 9 nitrogen and oxygen atoms in total. The zero-order valence-electron chi connectivity index (χ0n) is 17.8. The van der Waals surface area contributed by atoms with E-state index in [4.69, 9.17) is 16.3 Å². The summed E-state index contributed by atoms with van der Waals surface area (Å²) in [7, 11) is 0. The molecule has 10 heteroatoms. The average molecular weight is 444 g/mol. The number of nitrogens with zero attached hydrogens (tertiary/aromatic N) is 5. The van der Waals surface area contributed by atoms with E-state index in [2.05, 4.69) is 43.0 Å². The Balaban J connectivity index is 1.51. The van der Waals surface area contributed by atoms with Crippen molar-refractivity contribution in [1.82, 2.24) is 25.0 Å². The van der Waals surface area contributed by atoms with Crippen molar-refractivity contribution < 1.29 is 9.53 Å². The van der Waals surface area contributed by atoms with Gasteiger partial charge in [-0.3, -0.25) is 4.79 Å². The maximum Gasteiger partial charge on any atom is 0.328 e. The van der Waals surface area contributed by atoms with Crippen molar-refractivity contribution in [3.05, 3.63) is 59.0 Å². The van der Waals surface area contributed by atoms with Gasteiger partial charge >= 0.3 is 5.97 Å². The van der Waals surface area contributed by atoms with Crippen LogP contribution in [0.4, 0.5) is 11.8 Å². The van der Waals surface area contributed by atoms with Gasteiger partial charge in [-0.15, -0.1) is 5.10 Å². The summed E-state index contributed by atoms with van der Waals surface area (Å²) >= 11 is 6.13. The molecule has 3 rings (SSSR count). The highest BCUT2D eigenvalue weighted by molar-refractivity contribution is 6.29. The highest BCUT2D eigenvalue weighted by Crippen LogP contribution is 2.15. The number of hydrogen-bond acceptors (Lipinski definition) is 8. The largest absolute Gasteiger partial charge is 0.459 e. The van der Waals surface area contributed by atoms with Gasteiger partial charge < -0.3 is 15.4 Å². The highest BCUT2D eigenvalue weighted by Gasteiger charge is 2.17. The smallest absolute Gasteiger partial charge is 0.328 e. The number of carbonyl (C=O) groups is 1. The lowest BCUT2D eigenvalue weighted by molar-refractivity contribution is -0.155. The molecule has 0 unspecified atom stereocenters. The van der Waals surface area contributed by atoms with Gasteiger partial charge in [0.05, 0.1) is 12.7 Å². The molecule has 3 aromatic rings. The minimum atomic E-state index is -0.543. The fraction of sp³-hybridized carbons (Fsp3) is 0.381. The van der Waals surface area contributed by atoms with Crippen LogP contribution in [0.25, 0.3) is 0 Å². The fourth-order valence-corrected chi connectivity index (χ4v) is 2.92. The normalized spacial score (nSPS) is 11.2. The maximum absolute atomic E-state index is 11.9. The number of anilines is 2. The molecule has 0 spiro atoms. The average Bonchev–Trinajstić information content (AvgIpc) is 3.12. The van der Waals surface area contributed by atoms with Gasteiger partial charge in [0.15, 0.2) is 0 Å². The Kier molecular flexibility index (Phi) is 7.41. The molecule has 0 radical (unpaired) electrons. The zero-order chi connectivity index (χ0) is 22.3. The van der Waals surface area contributed by atoms with Crippen molar-refractivity contribution >= 4 is 29.3 Å². The van der Waals surface area contributed by atoms with Gasteiger partial charge in [-0.1, -0.05) is 47.1 Å². The molecule has 0 aliphatic rings. The van der Waals surface area contributed by atoms with Crippen molar-refractivity contribution in [2.24, 2.45) is 0 Å². The SMILES string of the molecule is CC(C)(C)OC(=O)Cn1cc(CNc2nc(Cl)cc(NCCc3ccccc3)n2)nn1. The van der Waals surface area contributed by atoms with E-state index in [-0.39, 0.29) is 12.5 Å². The number of nitrogens with one attached hydrogen (secondary N) is 2. The van der Waals surface area contributed by atoms with Crippen LogP contribution in [0.3, 0.4) is 0 Å². The van der Waals surface area contributed by atoms with Crippen LogP contribution in [0.15, 0.2) is 42.6 Å². The first-order valence-electron chi connectivity index (χ1n) is 9.94. The van der Waals surface area contributed by atoms with Crippen LogP contribution in [-0.2, 0) is 29.0 Å². The fourth-order valence-electron chi connectivity index (χ4n) is 2.74. The van der Waals surface area contributed by atoms with E-state index in [1.165, 1.54) is 10.2 Å². The Morgan fingerprint density at radius 2 is 1.94 bits per heavy atom. The van der Waals surface area contributed by atoms with Gasteiger partial charge in [0.25, 0.3) is 0 Å². The summed E-state index contributed by atoms with van der Waals surface area (Å²) in [5, 5.41) is 14.7. The van der Waals surface area contributed by atoms with E-state index < -0.39 is 5.60 Å². The molecule has 0 fully saturated rings. The molecule has 2 aromatic heterocycles. The summed E-state index contributed by atoms with van der Waals surface area (Å²) in [6.07, 6.45) is 2.53. The Morgan fingerprint density at radius 3 is 2.68 bits per heavy atom. The van der Waals surface area contributed by atoms with Crippen LogP contribution in [0.1, 0.15) is 32.0 Å². The predicted octanol–water partition coefficient (Wildman–Crippen LogP) is 3.33. The predicted molar refractivity (Wildman–Crippen MR) is 119 cm³/mol. The summed E-state index contributed by atoms with van der Waals surface area (Å²) < 4.78 is 6.71. The van der Waals surface area contributed by atoms with Gasteiger partial charge in [0.1, 0.15) is 28.8 Å². The molecule has 31 heavy (non-hydrogen) atoms. The van der Waals surface area contributed by atoms with Crippen molar-refractivity contribution in [1.29, 1.82) is 0 Å². The molecule has 1 aromatic carbocycles. The first-order chi connectivity index (χ1) is 14.8. The van der Waals surface area contributed by atoms with Crippen LogP contribution in [-0.4, -0.2) is 43.1 Å². The number of esters is 1. The van der Waals surface area contributed by atoms with E-state index in [1.54, 1.807) is 12.3 Å². The van der Waals surface area contributed by atoms with E-state index in [0.717, 1.165) is 13.0 Å². The monoisotopic (exact) mass is 443 g/mol. The molecule has 164 valence electrons. The summed E-state index contributed by atoms with van der Waals surface area (Å²) in [6, 6.07) is 11.9. The Labute approximate surface area is 186 Å². The highest BCUT2D eigenvalue weighted by atomic mass is 35.5. The van der Waals surface area contributed by atoms with Gasteiger partial charge in [0, 0.05) is 12.6 Å². The van der Waals surface area contributed by atoms with Gasteiger partial charge in [0.2, 0.25) is 5.95 Å². The topological polar surface area (TPSA) is 107 Å². The summed E-state index contributed by atoms with van der Waals surface area (Å²) in [4.78, 5) is 20.5. The van der Waals surface area contributed by atoms with Crippen LogP contribution in [0, 0.1) is 0 Å². The van der Waals surface area contributed by atoms with Crippen LogP contribution in [0.5, 0.6) is 0 Å². The van der Waals surface area contributed by atoms with Crippen LogP contribution in [0.2, 0.25) is 5.15 Å². The number of aromatic nitrogens is 5. The molecule has 2 N–H and O–H groups in total. The molecule has 0 atom stereocenters. The second-order valence-corrected chi connectivity index (χ2v) is 8.30. The quantitative estimate of drug-likeness (QED) is 0.383. The Bertz CT molecular complexity index is 1000. The second kappa shape index (κ2) is 10.2. The summed E-state index contributed by atoms with van der Waals surface area (Å²) in [5.74, 6) is 0.629. The van der Waals surface area contributed by atoms with Crippen molar-refractivity contribution in [3.63, 3.8) is 0 Å². The maximum atomic E-state index is 11.9. The third-order valence-electron chi connectivity index (χ3n) is 3.98. The number of halogens is 1. The van der Waals surface area contributed by atoms with E-state index in [9.17, 15) is 4.79 Å². The number of ether oxygens (including phenoxy) is 1. The third-order valence-corrected chi connectivity index (χ3v) is 4.18. The number of carbonyl (C=O) groups excluding carboxylic acids is 1. The minimum absolute atomic E-state index is 0.00653. The molecular weight excluding hydrogens is 418 g/mol. The van der Waals surface area contributed by atoms with Crippen molar-refractivity contribution in [2.45, 2.75) is 45.9 Å². The molecule has 0 amide bonds. The first kappa shape index (κ1) is 22.5. The third kappa shape index (κ3) is 7.86. The van der Waals surface area contributed by atoms with Crippen LogP contribution < -0.4 is 10.6 Å². The van der Waals surface area contributed by atoms with E-state index in [0.29, 0.717) is 29.2 Å².